The Morgan fingerprint density at radius 3 is 2.20 bits per heavy atom. The number of aliphatic hydroxyl groups is 2. The summed E-state index contributed by atoms with van der Waals surface area (Å²) in [7, 11) is -10.3. The van der Waals surface area contributed by atoms with E-state index < -0.39 is 68.6 Å². The van der Waals surface area contributed by atoms with Gasteiger partial charge in [0.1, 0.15) is 11.8 Å². The van der Waals surface area contributed by atoms with Crippen molar-refractivity contribution in [1.82, 2.24) is 10.3 Å². The number of hydrogen-bond donors (Lipinski definition) is 6. The van der Waals surface area contributed by atoms with Crippen molar-refractivity contribution < 1.29 is 62.1 Å². The predicted octanol–water partition coefficient (Wildman–Crippen LogP) is 2.88. The van der Waals surface area contributed by atoms with Gasteiger partial charge in [-0.3, -0.25) is 28.5 Å². The molecule has 2 saturated heterocycles. The molecule has 2 aliphatic rings. The largest absolute Gasteiger partial charge is 0.509 e. The highest BCUT2D eigenvalue weighted by atomic mass is 31.2. The second-order valence-corrected chi connectivity index (χ2v) is 19.1. The molecule has 15 nitrogen and oxygen atoms in total. The van der Waals surface area contributed by atoms with Gasteiger partial charge < -0.3 is 43.9 Å². The van der Waals surface area contributed by atoms with Crippen molar-refractivity contribution in [2.24, 2.45) is 5.92 Å². The third kappa shape index (κ3) is 8.96. The second kappa shape index (κ2) is 16.2. The SMILES string of the molecule is CC(C)C[C@H](CC(=O)C(NC(=O)c1cncc(-c2ccccc2)c1)[C@@H](C)O)[B-]12OCC[N+]1(CCCC(=O)CC(O)(P(C)(=O)O)P(=O)(O)O)CCO2. The molecule has 0 spiro atoms. The number of pyridine rings is 1. The Morgan fingerprint density at radius 1 is 1.02 bits per heavy atom. The van der Waals surface area contributed by atoms with Crippen LogP contribution in [0.5, 0.6) is 0 Å². The number of quaternary nitrogens is 1. The van der Waals surface area contributed by atoms with Gasteiger partial charge in [-0.05, 0) is 43.1 Å². The molecule has 282 valence electrons. The summed E-state index contributed by atoms with van der Waals surface area (Å²) in [4.78, 5) is 73.5. The summed E-state index contributed by atoms with van der Waals surface area (Å²) in [5.74, 6) is -2.12. The molecule has 6 N–H and O–H groups in total. The molecular formula is C33H50BN3O12P2. The van der Waals surface area contributed by atoms with Gasteiger partial charge in [-0.1, -0.05) is 50.6 Å². The molecule has 0 bridgehead atoms. The average Bonchev–Trinajstić information content (AvgIpc) is 3.58. The van der Waals surface area contributed by atoms with Gasteiger partial charge in [-0.2, -0.15) is 0 Å². The van der Waals surface area contributed by atoms with Crippen LogP contribution in [-0.4, -0.2) is 115 Å². The molecule has 2 fully saturated rings. The summed E-state index contributed by atoms with van der Waals surface area (Å²) in [5, 5.41) is 20.5. The van der Waals surface area contributed by atoms with Crippen molar-refractivity contribution in [1.29, 1.82) is 0 Å². The van der Waals surface area contributed by atoms with E-state index in [1.807, 2.05) is 44.2 Å². The van der Waals surface area contributed by atoms with Crippen molar-refractivity contribution in [3.63, 3.8) is 0 Å². The van der Waals surface area contributed by atoms with Gasteiger partial charge in [0.15, 0.2) is 5.78 Å². The Balaban J connectivity index is 1.50. The number of aromatic nitrogens is 1. The highest BCUT2D eigenvalue weighted by Gasteiger charge is 2.63. The van der Waals surface area contributed by atoms with E-state index in [0.717, 1.165) is 5.56 Å². The van der Waals surface area contributed by atoms with E-state index in [-0.39, 0.29) is 30.7 Å². The molecule has 18 heteroatoms. The van der Waals surface area contributed by atoms with E-state index in [0.29, 0.717) is 55.9 Å². The van der Waals surface area contributed by atoms with Crippen LogP contribution in [0.4, 0.5) is 0 Å². The van der Waals surface area contributed by atoms with Gasteiger partial charge in [0, 0.05) is 37.6 Å². The molecule has 51 heavy (non-hydrogen) atoms. The minimum absolute atomic E-state index is 0.0765. The molecule has 0 radical (unpaired) electrons. The number of rotatable bonds is 18. The fraction of sp³-hybridized carbons (Fsp3) is 0.576. The molecule has 2 aromatic rings. The minimum atomic E-state index is -5.54. The molecule has 5 atom stereocenters. The predicted molar refractivity (Wildman–Crippen MR) is 190 cm³/mol. The van der Waals surface area contributed by atoms with Crippen LogP contribution >= 0.6 is 15.0 Å². The fourth-order valence-corrected chi connectivity index (χ4v) is 10.4. The summed E-state index contributed by atoms with van der Waals surface area (Å²) in [5.41, 5.74) is 1.80. The highest BCUT2D eigenvalue weighted by Crippen LogP contribution is 2.69. The van der Waals surface area contributed by atoms with Crippen LogP contribution in [0.3, 0.4) is 0 Å². The normalized spacial score (nSPS) is 24.6. The highest BCUT2D eigenvalue weighted by molar-refractivity contribution is 7.74. The fourth-order valence-electron chi connectivity index (χ4n) is 7.64. The third-order valence-corrected chi connectivity index (χ3v) is 14.7. The number of fused-ring (bicyclic) bond motifs is 1. The lowest BCUT2D eigenvalue weighted by molar-refractivity contribution is -0.823. The van der Waals surface area contributed by atoms with E-state index in [1.54, 1.807) is 12.3 Å². The second-order valence-electron chi connectivity index (χ2n) is 14.5. The van der Waals surface area contributed by atoms with E-state index in [9.17, 15) is 48.4 Å². The first-order valence-electron chi connectivity index (χ1n) is 17.2. The number of hydrogen-bond acceptors (Lipinski definition) is 10. The van der Waals surface area contributed by atoms with Crippen LogP contribution in [0, 0.1) is 5.92 Å². The number of benzene rings is 1. The smallest absolute Gasteiger partial charge is 0.476 e. The van der Waals surface area contributed by atoms with Gasteiger partial charge in [0.05, 0.1) is 44.4 Å². The van der Waals surface area contributed by atoms with E-state index in [4.69, 9.17) is 9.31 Å². The number of Topliss-reactive ketones (excluding diaryl/α,β-unsaturated/α-hetero) is 2. The number of carbonyl (C=O) groups is 3. The lowest BCUT2D eigenvalue weighted by Crippen LogP contribution is -2.66. The van der Waals surface area contributed by atoms with Crippen LogP contribution < -0.4 is 5.32 Å². The number of carbonyl (C=O) groups excluding carboxylic acids is 3. The summed E-state index contributed by atoms with van der Waals surface area (Å²) in [6, 6.07) is 9.81. The van der Waals surface area contributed by atoms with Crippen LogP contribution in [0.2, 0.25) is 5.82 Å². The lowest BCUT2D eigenvalue weighted by Gasteiger charge is -2.51. The summed E-state index contributed by atoms with van der Waals surface area (Å²) < 4.78 is 37.2. The van der Waals surface area contributed by atoms with Crippen molar-refractivity contribution in [3.05, 3.63) is 54.4 Å². The summed E-state index contributed by atoms with van der Waals surface area (Å²) >= 11 is 0. The Kier molecular flexibility index (Phi) is 13.1. The van der Waals surface area contributed by atoms with Crippen molar-refractivity contribution >= 4 is 39.1 Å². The van der Waals surface area contributed by atoms with E-state index in [2.05, 4.69) is 10.3 Å². The number of ketones is 2. The van der Waals surface area contributed by atoms with Gasteiger partial charge in [0.2, 0.25) is 12.5 Å². The molecule has 3 unspecified atom stereocenters. The van der Waals surface area contributed by atoms with Gasteiger partial charge >= 0.3 is 14.3 Å². The van der Waals surface area contributed by atoms with Crippen molar-refractivity contribution in [2.75, 3.05) is 39.5 Å². The first-order chi connectivity index (χ1) is 23.8. The minimum Gasteiger partial charge on any atom is -0.509 e. The van der Waals surface area contributed by atoms with Crippen LogP contribution in [-0.2, 0) is 28.0 Å². The zero-order valence-electron chi connectivity index (χ0n) is 29.5. The molecule has 1 aromatic heterocycles. The molecule has 3 heterocycles. The number of nitrogens with zero attached hydrogens (tertiary/aromatic N) is 2. The zero-order chi connectivity index (χ0) is 37.8. The maximum absolute atomic E-state index is 14.0. The van der Waals surface area contributed by atoms with Crippen LogP contribution in [0.25, 0.3) is 11.1 Å². The molecular weight excluding hydrogens is 703 g/mol. The lowest BCUT2D eigenvalue weighted by atomic mass is 9.51. The maximum Gasteiger partial charge on any atom is 0.476 e. The van der Waals surface area contributed by atoms with Gasteiger partial charge in [0.25, 0.3) is 5.91 Å². The number of amides is 1. The maximum atomic E-state index is 14.0. The molecule has 4 rings (SSSR count). The molecule has 1 amide bonds. The van der Waals surface area contributed by atoms with E-state index in [1.165, 1.54) is 13.1 Å². The Labute approximate surface area is 298 Å². The third-order valence-electron chi connectivity index (χ3n) is 10.2. The standard InChI is InChI=1S/C33H50BN3O12P2/c1-23(2)17-28(19-30(40)31(24(3)38)36-32(41)27-18-26(21-35-22-27)25-9-6-5-7-10-25)34-37(13-15-48-34,14-16-49-34)12-8-11-29(39)20-33(42,50(4,43)44)51(45,46)47/h5-7,9-10,18,21-24,28,31,38,42H,8,11-17,19-20H2,1-4H3,(H,36,41)(H,43,44)(H2,45,46,47)/t24-,28-,31?,33?,34?,37?/m1/s1. The zero-order valence-corrected chi connectivity index (χ0v) is 31.2. The van der Waals surface area contributed by atoms with Crippen LogP contribution in [0.15, 0.2) is 48.8 Å². The summed E-state index contributed by atoms with van der Waals surface area (Å²) in [6.45, 7) is 5.87. The van der Waals surface area contributed by atoms with E-state index >= 15 is 0 Å². The quantitative estimate of drug-likeness (QED) is 0.0952. The molecule has 0 saturated carbocycles. The van der Waals surface area contributed by atoms with Gasteiger partial charge in [-0.15, -0.1) is 0 Å². The van der Waals surface area contributed by atoms with Gasteiger partial charge in [-0.25, -0.2) is 0 Å². The number of aliphatic hydroxyl groups excluding tert-OH is 1. The number of nitrogens with one attached hydrogen (secondary N) is 1. The Morgan fingerprint density at radius 2 is 1.65 bits per heavy atom. The van der Waals surface area contributed by atoms with Crippen molar-refractivity contribution in [3.8, 4) is 11.1 Å². The Bertz CT molecular complexity index is 1630. The Hall–Kier alpha value is -2.62. The molecule has 0 aliphatic carbocycles. The topological polar surface area (TPSA) is 230 Å². The average molecular weight is 754 g/mol. The monoisotopic (exact) mass is 753 g/mol. The summed E-state index contributed by atoms with van der Waals surface area (Å²) in [6.07, 6.45) is 1.01. The van der Waals surface area contributed by atoms with Crippen molar-refractivity contribution in [2.45, 2.75) is 75.9 Å². The van der Waals surface area contributed by atoms with Crippen LogP contribution in [0.1, 0.15) is 63.2 Å². The molecule has 1 aromatic carbocycles. The molecule has 2 aliphatic heterocycles. The first kappa shape index (κ1) is 41.1. The first-order valence-corrected chi connectivity index (χ1v) is 20.9.